The zero-order chi connectivity index (χ0) is 15.2. The van der Waals surface area contributed by atoms with Crippen LogP contribution in [0, 0.1) is 0 Å². The predicted octanol–water partition coefficient (Wildman–Crippen LogP) is 1.02. The average Bonchev–Trinajstić information content (AvgIpc) is 2.52. The summed E-state index contributed by atoms with van der Waals surface area (Å²) in [6.07, 6.45) is 2.12. The van der Waals surface area contributed by atoms with E-state index in [2.05, 4.69) is 0 Å². The maximum Gasteiger partial charge on any atom is 0.334 e. The van der Waals surface area contributed by atoms with Crippen LogP contribution in [-0.2, 0) is 14.3 Å². The van der Waals surface area contributed by atoms with Gasteiger partial charge in [-0.15, -0.1) is 0 Å². The molecule has 0 unspecified atom stereocenters. The molecular weight excluding hydrogens is 274 g/mol. The monoisotopic (exact) mass is 291 g/mol. The highest BCUT2D eigenvalue weighted by molar-refractivity contribution is 5.92. The van der Waals surface area contributed by atoms with Gasteiger partial charge in [0.05, 0.1) is 20.3 Å². The number of carboxylic acids is 1. The molecule has 21 heavy (non-hydrogen) atoms. The van der Waals surface area contributed by atoms with Crippen molar-refractivity contribution in [1.29, 1.82) is 0 Å². The molecule has 0 saturated carbocycles. The van der Waals surface area contributed by atoms with Gasteiger partial charge in [0.25, 0.3) is 0 Å². The van der Waals surface area contributed by atoms with Gasteiger partial charge in [-0.25, -0.2) is 4.79 Å². The van der Waals surface area contributed by atoms with Crippen LogP contribution in [0.4, 0.5) is 0 Å². The van der Waals surface area contributed by atoms with E-state index >= 15 is 0 Å². The third kappa shape index (κ3) is 3.82. The van der Waals surface area contributed by atoms with Crippen molar-refractivity contribution in [2.45, 2.75) is 6.10 Å². The average molecular weight is 291 g/mol. The van der Waals surface area contributed by atoms with Crippen molar-refractivity contribution in [3.05, 3.63) is 35.9 Å². The Morgan fingerprint density at radius 2 is 2.19 bits per heavy atom. The minimum absolute atomic E-state index is 0.0600. The van der Waals surface area contributed by atoms with E-state index in [-0.39, 0.29) is 19.1 Å². The number of para-hydroxylation sites is 1. The van der Waals surface area contributed by atoms with Gasteiger partial charge in [-0.3, -0.25) is 4.79 Å². The minimum Gasteiger partial charge on any atom is -0.496 e. The van der Waals surface area contributed by atoms with Crippen LogP contribution in [0.15, 0.2) is 30.3 Å². The van der Waals surface area contributed by atoms with Crippen molar-refractivity contribution < 1.29 is 24.2 Å². The van der Waals surface area contributed by atoms with E-state index in [9.17, 15) is 9.59 Å². The third-order valence-electron chi connectivity index (χ3n) is 3.20. The number of rotatable bonds is 4. The maximum atomic E-state index is 12.1. The van der Waals surface area contributed by atoms with Crippen molar-refractivity contribution in [2.75, 3.05) is 26.8 Å². The SMILES string of the molecule is COc1ccccc1/C=C\C(=O)N1CCO[C@@H](C(=O)O)C1. The minimum atomic E-state index is -1.05. The predicted molar refractivity (Wildman–Crippen MR) is 76.0 cm³/mol. The second-order valence-electron chi connectivity index (χ2n) is 4.56. The number of methoxy groups -OCH3 is 1. The summed E-state index contributed by atoms with van der Waals surface area (Å²) >= 11 is 0. The largest absolute Gasteiger partial charge is 0.496 e. The van der Waals surface area contributed by atoms with Gasteiger partial charge in [0.1, 0.15) is 5.75 Å². The number of morpholine rings is 1. The van der Waals surface area contributed by atoms with Crippen molar-refractivity contribution in [2.24, 2.45) is 0 Å². The van der Waals surface area contributed by atoms with Crippen molar-refractivity contribution in [1.82, 2.24) is 4.90 Å². The summed E-state index contributed by atoms with van der Waals surface area (Å²) in [7, 11) is 1.56. The lowest BCUT2D eigenvalue weighted by atomic mass is 10.2. The Hall–Kier alpha value is -2.34. The van der Waals surface area contributed by atoms with E-state index in [1.807, 2.05) is 18.2 Å². The van der Waals surface area contributed by atoms with Gasteiger partial charge in [0.15, 0.2) is 6.10 Å². The molecule has 112 valence electrons. The molecule has 0 aromatic heterocycles. The quantitative estimate of drug-likeness (QED) is 0.838. The van der Waals surface area contributed by atoms with Crippen LogP contribution < -0.4 is 4.74 Å². The molecule has 0 bridgehead atoms. The number of hydrogen-bond acceptors (Lipinski definition) is 4. The lowest BCUT2D eigenvalue weighted by molar-refractivity contribution is -0.158. The molecule has 6 heteroatoms. The highest BCUT2D eigenvalue weighted by Gasteiger charge is 2.27. The molecule has 0 radical (unpaired) electrons. The smallest absolute Gasteiger partial charge is 0.334 e. The number of aliphatic carboxylic acids is 1. The lowest BCUT2D eigenvalue weighted by Crippen LogP contribution is -2.48. The van der Waals surface area contributed by atoms with Crippen LogP contribution in [0.25, 0.3) is 6.08 Å². The Labute approximate surface area is 122 Å². The first kappa shape index (κ1) is 15.1. The van der Waals surface area contributed by atoms with Gasteiger partial charge < -0.3 is 19.5 Å². The molecular formula is C15H17NO5. The van der Waals surface area contributed by atoms with Crippen LogP contribution in [0.2, 0.25) is 0 Å². The summed E-state index contributed by atoms with van der Waals surface area (Å²) in [5, 5.41) is 8.92. The van der Waals surface area contributed by atoms with Crippen LogP contribution >= 0.6 is 0 Å². The summed E-state index contributed by atoms with van der Waals surface area (Å²) in [6.45, 7) is 0.675. The fourth-order valence-corrected chi connectivity index (χ4v) is 2.07. The van der Waals surface area contributed by atoms with E-state index in [0.29, 0.717) is 12.3 Å². The molecule has 0 aliphatic carbocycles. The van der Waals surface area contributed by atoms with Gasteiger partial charge in [-0.05, 0) is 12.1 Å². The van der Waals surface area contributed by atoms with Crippen LogP contribution in [0.1, 0.15) is 5.56 Å². The molecule has 1 fully saturated rings. The highest BCUT2D eigenvalue weighted by Crippen LogP contribution is 2.18. The third-order valence-corrected chi connectivity index (χ3v) is 3.20. The first-order valence-corrected chi connectivity index (χ1v) is 6.56. The number of carboxylic acid groups (broad SMARTS) is 1. The molecule has 1 heterocycles. The van der Waals surface area contributed by atoms with E-state index in [0.717, 1.165) is 5.56 Å². The van der Waals surface area contributed by atoms with Gasteiger partial charge in [-0.2, -0.15) is 0 Å². The van der Waals surface area contributed by atoms with Gasteiger partial charge in [-0.1, -0.05) is 18.2 Å². The van der Waals surface area contributed by atoms with E-state index in [1.54, 1.807) is 19.3 Å². The number of nitrogens with zero attached hydrogens (tertiary/aromatic N) is 1. The molecule has 6 nitrogen and oxygen atoms in total. The molecule has 1 aliphatic rings. The summed E-state index contributed by atoms with van der Waals surface area (Å²) < 4.78 is 10.3. The zero-order valence-corrected chi connectivity index (χ0v) is 11.7. The second-order valence-corrected chi connectivity index (χ2v) is 4.56. The summed E-state index contributed by atoms with van der Waals surface area (Å²) in [5.41, 5.74) is 0.788. The Morgan fingerprint density at radius 3 is 2.90 bits per heavy atom. The van der Waals surface area contributed by atoms with Crippen molar-refractivity contribution in [3.8, 4) is 5.75 Å². The Bertz CT molecular complexity index is 555. The van der Waals surface area contributed by atoms with Gasteiger partial charge >= 0.3 is 5.97 Å². The Morgan fingerprint density at radius 1 is 1.43 bits per heavy atom. The maximum absolute atomic E-state index is 12.1. The highest BCUT2D eigenvalue weighted by atomic mass is 16.5. The number of carbonyl (C=O) groups is 2. The van der Waals surface area contributed by atoms with Crippen LogP contribution in [0.5, 0.6) is 5.75 Å². The Balaban J connectivity index is 2.03. The standard InChI is InChI=1S/C15H17NO5/c1-20-12-5-3-2-4-11(12)6-7-14(17)16-8-9-21-13(10-16)15(18)19/h2-7,13H,8-10H2,1H3,(H,18,19)/b7-6-/t13-/m1/s1. The van der Waals surface area contributed by atoms with Crippen molar-refractivity contribution in [3.63, 3.8) is 0 Å². The number of benzene rings is 1. The fourth-order valence-electron chi connectivity index (χ4n) is 2.07. The summed E-state index contributed by atoms with van der Waals surface area (Å²) in [5.74, 6) is -0.622. The fraction of sp³-hybridized carbons (Fsp3) is 0.333. The van der Waals surface area contributed by atoms with Crippen LogP contribution in [-0.4, -0.2) is 54.8 Å². The number of ether oxygens (including phenoxy) is 2. The topological polar surface area (TPSA) is 76.1 Å². The molecule has 1 aromatic rings. The molecule has 1 aliphatic heterocycles. The molecule has 2 rings (SSSR count). The van der Waals surface area contributed by atoms with Crippen LogP contribution in [0.3, 0.4) is 0 Å². The molecule has 0 spiro atoms. The second kappa shape index (κ2) is 6.90. The van der Waals surface area contributed by atoms with Crippen molar-refractivity contribution >= 4 is 18.0 Å². The van der Waals surface area contributed by atoms with E-state index < -0.39 is 12.1 Å². The molecule has 1 aromatic carbocycles. The summed E-state index contributed by atoms with van der Waals surface area (Å²) in [6, 6.07) is 7.33. The lowest BCUT2D eigenvalue weighted by Gasteiger charge is -2.30. The molecule has 1 atom stereocenters. The first-order chi connectivity index (χ1) is 10.1. The Kier molecular flexibility index (Phi) is 4.94. The normalized spacial score (nSPS) is 18.7. The number of amides is 1. The van der Waals surface area contributed by atoms with E-state index in [4.69, 9.17) is 14.6 Å². The molecule has 1 saturated heterocycles. The van der Waals surface area contributed by atoms with Gasteiger partial charge in [0, 0.05) is 18.2 Å². The number of hydrogen-bond donors (Lipinski definition) is 1. The van der Waals surface area contributed by atoms with Gasteiger partial charge in [0.2, 0.25) is 5.91 Å². The zero-order valence-electron chi connectivity index (χ0n) is 11.7. The molecule has 1 amide bonds. The first-order valence-electron chi connectivity index (χ1n) is 6.56. The number of carbonyl (C=O) groups excluding carboxylic acids is 1. The van der Waals surface area contributed by atoms with E-state index in [1.165, 1.54) is 11.0 Å². The molecule has 1 N–H and O–H groups in total. The summed E-state index contributed by atoms with van der Waals surface area (Å²) in [4.78, 5) is 24.4.